The summed E-state index contributed by atoms with van der Waals surface area (Å²) in [5.74, 6) is 0. The highest BCUT2D eigenvalue weighted by Crippen LogP contribution is 2.34. The van der Waals surface area contributed by atoms with E-state index in [-0.39, 0.29) is 0 Å². The molecular formula is C13H11BrF3NS. The molecule has 0 spiro atoms. The molecule has 0 amide bonds. The van der Waals surface area contributed by atoms with Crippen LogP contribution in [0, 0.1) is 6.92 Å². The molecule has 0 saturated heterocycles. The number of thiophene rings is 1. The van der Waals surface area contributed by atoms with Gasteiger partial charge in [0.15, 0.2) is 0 Å². The Morgan fingerprint density at radius 1 is 1.21 bits per heavy atom. The lowest BCUT2D eigenvalue weighted by molar-refractivity contribution is -0.137. The fourth-order valence-electron chi connectivity index (χ4n) is 1.83. The van der Waals surface area contributed by atoms with Crippen molar-refractivity contribution in [2.45, 2.75) is 19.1 Å². The molecule has 0 aliphatic heterocycles. The molecule has 1 aromatic heterocycles. The van der Waals surface area contributed by atoms with Gasteiger partial charge < -0.3 is 5.73 Å². The topological polar surface area (TPSA) is 26.0 Å². The Hall–Kier alpha value is -0.850. The van der Waals surface area contributed by atoms with Crippen LogP contribution in [0.1, 0.15) is 27.6 Å². The van der Waals surface area contributed by atoms with Gasteiger partial charge >= 0.3 is 6.18 Å². The van der Waals surface area contributed by atoms with E-state index in [9.17, 15) is 13.2 Å². The van der Waals surface area contributed by atoms with E-state index < -0.39 is 17.8 Å². The van der Waals surface area contributed by atoms with Crippen LogP contribution in [-0.2, 0) is 6.18 Å². The molecule has 2 rings (SSSR count). The molecule has 1 unspecified atom stereocenters. The van der Waals surface area contributed by atoms with Crippen LogP contribution in [0.5, 0.6) is 0 Å². The average molecular weight is 350 g/mol. The van der Waals surface area contributed by atoms with Crippen molar-refractivity contribution in [3.8, 4) is 0 Å². The van der Waals surface area contributed by atoms with Gasteiger partial charge in [0.25, 0.3) is 0 Å². The number of halogens is 4. The Balaban J connectivity index is 2.30. The van der Waals surface area contributed by atoms with Crippen molar-refractivity contribution in [1.29, 1.82) is 0 Å². The van der Waals surface area contributed by atoms with E-state index in [1.807, 2.05) is 13.0 Å². The van der Waals surface area contributed by atoms with Crippen LogP contribution < -0.4 is 5.73 Å². The van der Waals surface area contributed by atoms with Gasteiger partial charge in [0.1, 0.15) is 0 Å². The summed E-state index contributed by atoms with van der Waals surface area (Å²) in [6, 6.07) is 6.47. The molecule has 1 atom stereocenters. The van der Waals surface area contributed by atoms with Crippen LogP contribution in [0.2, 0.25) is 0 Å². The molecule has 0 saturated carbocycles. The molecule has 2 aromatic rings. The molecule has 0 fully saturated rings. The van der Waals surface area contributed by atoms with Gasteiger partial charge in [0.05, 0.1) is 15.4 Å². The van der Waals surface area contributed by atoms with E-state index in [0.717, 1.165) is 26.4 Å². The van der Waals surface area contributed by atoms with Gasteiger partial charge in [-0.3, -0.25) is 0 Å². The van der Waals surface area contributed by atoms with Crippen LogP contribution in [0.4, 0.5) is 13.2 Å². The minimum atomic E-state index is -4.32. The summed E-state index contributed by atoms with van der Waals surface area (Å²) in [5.41, 5.74) is 7.03. The van der Waals surface area contributed by atoms with Crippen LogP contribution in [0.3, 0.4) is 0 Å². The van der Waals surface area contributed by atoms with Crippen molar-refractivity contribution >= 4 is 27.3 Å². The third kappa shape index (κ3) is 3.19. The first-order chi connectivity index (χ1) is 8.79. The molecule has 6 heteroatoms. The highest BCUT2D eigenvalue weighted by atomic mass is 79.9. The number of benzene rings is 1. The van der Waals surface area contributed by atoms with Crippen LogP contribution in [0.25, 0.3) is 0 Å². The third-order valence-electron chi connectivity index (χ3n) is 2.86. The predicted molar refractivity (Wildman–Crippen MR) is 74.2 cm³/mol. The molecule has 1 heterocycles. The van der Waals surface area contributed by atoms with E-state index in [2.05, 4.69) is 15.9 Å². The fraction of sp³-hybridized carbons (Fsp3) is 0.231. The zero-order chi connectivity index (χ0) is 14.2. The van der Waals surface area contributed by atoms with Gasteiger partial charge in [-0.1, -0.05) is 12.1 Å². The van der Waals surface area contributed by atoms with Crippen molar-refractivity contribution in [2.24, 2.45) is 5.73 Å². The zero-order valence-electron chi connectivity index (χ0n) is 9.96. The average Bonchev–Trinajstić information content (AvgIpc) is 2.66. The standard InChI is InChI=1S/C13H11BrF3NS/c1-7-10(6-11(14)19-7)12(18)8-2-4-9(5-3-8)13(15,16)17/h2-6,12H,18H2,1H3. The second-order valence-corrected chi connectivity index (χ2v) is 6.80. The summed E-state index contributed by atoms with van der Waals surface area (Å²) < 4.78 is 38.4. The van der Waals surface area contributed by atoms with Crippen molar-refractivity contribution in [3.05, 3.63) is 55.7 Å². The molecule has 102 valence electrons. The first kappa shape index (κ1) is 14.6. The Morgan fingerprint density at radius 3 is 2.21 bits per heavy atom. The quantitative estimate of drug-likeness (QED) is 0.820. The molecule has 2 N–H and O–H groups in total. The van der Waals surface area contributed by atoms with Crippen LogP contribution in [-0.4, -0.2) is 0 Å². The maximum absolute atomic E-state index is 12.5. The highest BCUT2D eigenvalue weighted by molar-refractivity contribution is 9.11. The minimum Gasteiger partial charge on any atom is -0.320 e. The second-order valence-electron chi connectivity index (χ2n) is 4.16. The van der Waals surface area contributed by atoms with Gasteiger partial charge in [-0.2, -0.15) is 13.2 Å². The molecule has 0 aliphatic carbocycles. The SMILES string of the molecule is Cc1sc(Br)cc1C(N)c1ccc(C(F)(F)F)cc1. The van der Waals surface area contributed by atoms with Gasteiger partial charge in [-0.25, -0.2) is 0 Å². The maximum atomic E-state index is 12.5. The number of hydrogen-bond donors (Lipinski definition) is 1. The van der Waals surface area contributed by atoms with E-state index in [1.165, 1.54) is 12.1 Å². The van der Waals surface area contributed by atoms with Crippen molar-refractivity contribution in [3.63, 3.8) is 0 Å². The lowest BCUT2D eigenvalue weighted by atomic mass is 9.99. The highest BCUT2D eigenvalue weighted by Gasteiger charge is 2.30. The smallest absolute Gasteiger partial charge is 0.320 e. The van der Waals surface area contributed by atoms with Crippen molar-refractivity contribution in [2.75, 3.05) is 0 Å². The van der Waals surface area contributed by atoms with Gasteiger partial charge in [0.2, 0.25) is 0 Å². The van der Waals surface area contributed by atoms with Crippen LogP contribution in [0.15, 0.2) is 34.1 Å². The van der Waals surface area contributed by atoms with Crippen molar-refractivity contribution in [1.82, 2.24) is 0 Å². The molecule has 1 aromatic carbocycles. The summed E-state index contributed by atoms with van der Waals surface area (Å²) in [6.45, 7) is 1.94. The summed E-state index contributed by atoms with van der Waals surface area (Å²) in [5, 5.41) is 0. The number of nitrogens with two attached hydrogens (primary N) is 1. The summed E-state index contributed by atoms with van der Waals surface area (Å²) >= 11 is 4.93. The Labute approximate surface area is 121 Å². The molecule has 0 bridgehead atoms. The first-order valence-electron chi connectivity index (χ1n) is 5.47. The lowest BCUT2D eigenvalue weighted by Gasteiger charge is -2.13. The molecule has 0 aliphatic rings. The van der Waals surface area contributed by atoms with E-state index in [4.69, 9.17) is 5.73 Å². The maximum Gasteiger partial charge on any atom is 0.416 e. The third-order valence-corrected chi connectivity index (χ3v) is 4.43. The van der Waals surface area contributed by atoms with Gasteiger partial charge in [0, 0.05) is 4.88 Å². The summed E-state index contributed by atoms with van der Waals surface area (Å²) in [6.07, 6.45) is -4.32. The van der Waals surface area contributed by atoms with Gasteiger partial charge in [-0.05, 0) is 52.2 Å². The minimum absolute atomic E-state index is 0.412. The van der Waals surface area contributed by atoms with E-state index >= 15 is 0 Å². The fourth-order valence-corrected chi connectivity index (χ4v) is 3.58. The van der Waals surface area contributed by atoms with Gasteiger partial charge in [-0.15, -0.1) is 11.3 Å². The lowest BCUT2D eigenvalue weighted by Crippen LogP contribution is -2.12. The Kier molecular flexibility index (Phi) is 4.03. The Morgan fingerprint density at radius 2 is 1.79 bits per heavy atom. The molecular weight excluding hydrogens is 339 g/mol. The zero-order valence-corrected chi connectivity index (χ0v) is 12.4. The first-order valence-corrected chi connectivity index (χ1v) is 7.08. The summed E-state index contributed by atoms with van der Waals surface area (Å²) in [7, 11) is 0. The number of rotatable bonds is 2. The monoisotopic (exact) mass is 349 g/mol. The summed E-state index contributed by atoms with van der Waals surface area (Å²) in [4.78, 5) is 1.05. The molecule has 19 heavy (non-hydrogen) atoms. The van der Waals surface area contributed by atoms with E-state index in [0.29, 0.717) is 5.56 Å². The predicted octanol–water partition coefficient (Wildman–Crippen LogP) is 4.89. The second kappa shape index (κ2) is 5.26. The normalized spacial score (nSPS) is 13.6. The molecule has 1 nitrogen and oxygen atoms in total. The number of alkyl halides is 3. The largest absolute Gasteiger partial charge is 0.416 e. The Bertz CT molecular complexity index is 575. The van der Waals surface area contributed by atoms with E-state index in [1.54, 1.807) is 11.3 Å². The molecule has 0 radical (unpaired) electrons. The number of aryl methyl sites for hydroxylation is 1. The number of hydrogen-bond acceptors (Lipinski definition) is 2. The van der Waals surface area contributed by atoms with Crippen LogP contribution >= 0.6 is 27.3 Å². The van der Waals surface area contributed by atoms with Crippen molar-refractivity contribution < 1.29 is 13.2 Å².